The van der Waals surface area contributed by atoms with E-state index >= 15 is 0 Å². The average molecular weight is 642 g/mol. The number of hydrogen-bond acceptors (Lipinski definition) is 6. The van der Waals surface area contributed by atoms with Gasteiger partial charge in [-0.1, -0.05) is 68.1 Å². The topological polar surface area (TPSA) is 105 Å². The van der Waals surface area contributed by atoms with Crippen LogP contribution >= 0.6 is 11.6 Å². The molecular weight excluding hydrogens is 602 g/mol. The highest BCUT2D eigenvalue weighted by atomic mass is 35.5. The van der Waals surface area contributed by atoms with Gasteiger partial charge in [0.25, 0.3) is 10.0 Å². The molecule has 0 aromatic heterocycles. The first-order chi connectivity index (χ1) is 21.2. The van der Waals surface area contributed by atoms with E-state index in [1.807, 2.05) is 19.1 Å². The molecule has 1 aliphatic carbocycles. The van der Waals surface area contributed by atoms with Crippen molar-refractivity contribution in [1.82, 2.24) is 10.2 Å². The lowest BCUT2D eigenvalue weighted by Crippen LogP contribution is -2.54. The number of benzene rings is 3. The van der Waals surface area contributed by atoms with Crippen molar-refractivity contribution < 1.29 is 27.5 Å². The third-order valence-corrected chi connectivity index (χ3v) is 9.97. The van der Waals surface area contributed by atoms with E-state index in [-0.39, 0.29) is 34.1 Å². The fraction of sp³-hybridized carbons (Fsp3) is 0.394. The number of nitrogens with one attached hydrogen (secondary N) is 1. The lowest BCUT2D eigenvalue weighted by Gasteiger charge is -2.34. The maximum Gasteiger partial charge on any atom is 0.264 e. The van der Waals surface area contributed by atoms with E-state index in [4.69, 9.17) is 21.1 Å². The SMILES string of the molecule is CC[C@H](C(=O)NC1CCCCC1)N(Cc1ccc(OC)cc1)C(=O)CN(c1ccc(OC)c(Cl)c1)S(=O)(=O)c1ccccc1. The van der Waals surface area contributed by atoms with Gasteiger partial charge in [0.15, 0.2) is 0 Å². The summed E-state index contributed by atoms with van der Waals surface area (Å²) in [5.74, 6) is 0.250. The molecule has 0 radical (unpaired) electrons. The predicted molar refractivity (Wildman–Crippen MR) is 172 cm³/mol. The van der Waals surface area contributed by atoms with Crippen LogP contribution in [0.15, 0.2) is 77.7 Å². The third kappa shape index (κ3) is 8.04. The van der Waals surface area contributed by atoms with Gasteiger partial charge in [0.2, 0.25) is 11.8 Å². The number of halogens is 1. The van der Waals surface area contributed by atoms with Gasteiger partial charge < -0.3 is 19.7 Å². The largest absolute Gasteiger partial charge is 0.497 e. The molecule has 1 aliphatic rings. The Labute approximate surface area is 265 Å². The van der Waals surface area contributed by atoms with Gasteiger partial charge in [-0.05, 0) is 67.3 Å². The summed E-state index contributed by atoms with van der Waals surface area (Å²) in [5.41, 5.74) is 0.963. The van der Waals surface area contributed by atoms with Crippen LogP contribution in [-0.4, -0.2) is 58.0 Å². The molecule has 0 unspecified atom stereocenters. The van der Waals surface area contributed by atoms with Crippen LogP contribution in [0.5, 0.6) is 11.5 Å². The molecule has 11 heteroatoms. The highest BCUT2D eigenvalue weighted by Crippen LogP contribution is 2.32. The van der Waals surface area contributed by atoms with Crippen molar-refractivity contribution in [2.24, 2.45) is 0 Å². The fourth-order valence-corrected chi connectivity index (χ4v) is 7.13. The van der Waals surface area contributed by atoms with Gasteiger partial charge in [-0.25, -0.2) is 8.42 Å². The monoisotopic (exact) mass is 641 g/mol. The van der Waals surface area contributed by atoms with Crippen molar-refractivity contribution >= 4 is 39.1 Å². The Morgan fingerprint density at radius 1 is 0.955 bits per heavy atom. The average Bonchev–Trinajstić information content (AvgIpc) is 3.04. The molecule has 0 bridgehead atoms. The number of hydrogen-bond donors (Lipinski definition) is 1. The molecule has 0 saturated heterocycles. The minimum Gasteiger partial charge on any atom is -0.497 e. The van der Waals surface area contributed by atoms with E-state index in [1.165, 1.54) is 30.2 Å². The number of ether oxygens (including phenoxy) is 2. The number of amides is 2. The maximum absolute atomic E-state index is 14.3. The molecule has 0 aliphatic heterocycles. The van der Waals surface area contributed by atoms with Crippen molar-refractivity contribution in [2.75, 3.05) is 25.1 Å². The molecule has 1 atom stereocenters. The molecule has 4 rings (SSSR count). The molecule has 2 amide bonds. The summed E-state index contributed by atoms with van der Waals surface area (Å²) in [4.78, 5) is 29.5. The summed E-state index contributed by atoms with van der Waals surface area (Å²) < 4.78 is 39.6. The molecule has 44 heavy (non-hydrogen) atoms. The van der Waals surface area contributed by atoms with Crippen LogP contribution in [0, 0.1) is 0 Å². The zero-order chi connectivity index (χ0) is 31.7. The van der Waals surface area contributed by atoms with E-state index < -0.39 is 28.5 Å². The molecule has 3 aromatic rings. The van der Waals surface area contributed by atoms with Gasteiger partial charge in [-0.2, -0.15) is 0 Å². The molecule has 0 heterocycles. The summed E-state index contributed by atoms with van der Waals surface area (Å²) >= 11 is 6.40. The van der Waals surface area contributed by atoms with Crippen LogP contribution in [0.3, 0.4) is 0 Å². The fourth-order valence-electron chi connectivity index (χ4n) is 5.45. The number of methoxy groups -OCH3 is 2. The molecule has 0 spiro atoms. The minimum absolute atomic E-state index is 0.0172. The summed E-state index contributed by atoms with van der Waals surface area (Å²) in [6.45, 7) is 1.40. The number of rotatable bonds is 13. The molecule has 236 valence electrons. The van der Waals surface area contributed by atoms with E-state index in [2.05, 4.69) is 5.32 Å². The lowest BCUT2D eigenvalue weighted by atomic mass is 9.95. The number of sulfonamides is 1. The lowest BCUT2D eigenvalue weighted by molar-refractivity contribution is -0.140. The van der Waals surface area contributed by atoms with Crippen LogP contribution in [0.1, 0.15) is 51.0 Å². The zero-order valence-corrected chi connectivity index (χ0v) is 26.9. The van der Waals surface area contributed by atoms with Gasteiger partial charge in [0, 0.05) is 12.6 Å². The number of carbonyl (C=O) groups excluding carboxylic acids is 2. The Morgan fingerprint density at radius 2 is 1.64 bits per heavy atom. The minimum atomic E-state index is -4.21. The molecule has 3 aromatic carbocycles. The summed E-state index contributed by atoms with van der Waals surface area (Å²) in [6.07, 6.45) is 5.39. The Kier molecular flexibility index (Phi) is 11.5. The van der Waals surface area contributed by atoms with Gasteiger partial charge in [-0.15, -0.1) is 0 Å². The first-order valence-electron chi connectivity index (χ1n) is 14.8. The number of anilines is 1. The highest BCUT2D eigenvalue weighted by Gasteiger charge is 2.34. The Balaban J connectivity index is 1.72. The van der Waals surface area contributed by atoms with Crippen LogP contribution in [0.25, 0.3) is 0 Å². The van der Waals surface area contributed by atoms with Crippen molar-refractivity contribution in [1.29, 1.82) is 0 Å². The van der Waals surface area contributed by atoms with E-state index in [0.29, 0.717) is 17.9 Å². The van der Waals surface area contributed by atoms with Crippen LogP contribution in [0.2, 0.25) is 5.02 Å². The first-order valence-corrected chi connectivity index (χ1v) is 16.6. The van der Waals surface area contributed by atoms with Crippen molar-refractivity contribution in [3.63, 3.8) is 0 Å². The van der Waals surface area contributed by atoms with Crippen LogP contribution in [0.4, 0.5) is 5.69 Å². The molecule has 1 fully saturated rings. The van der Waals surface area contributed by atoms with Crippen LogP contribution < -0.4 is 19.1 Å². The molecule has 1 N–H and O–H groups in total. The normalized spacial score (nSPS) is 14.4. The third-order valence-electron chi connectivity index (χ3n) is 7.88. The summed E-state index contributed by atoms with van der Waals surface area (Å²) in [6, 6.07) is 18.9. The summed E-state index contributed by atoms with van der Waals surface area (Å²) in [7, 11) is -1.18. The second-order valence-corrected chi connectivity index (χ2v) is 13.1. The zero-order valence-electron chi connectivity index (χ0n) is 25.4. The Morgan fingerprint density at radius 3 is 2.23 bits per heavy atom. The van der Waals surface area contributed by atoms with E-state index in [1.54, 1.807) is 49.6 Å². The predicted octanol–water partition coefficient (Wildman–Crippen LogP) is 5.81. The van der Waals surface area contributed by atoms with Crippen molar-refractivity contribution in [2.45, 2.75) is 69.0 Å². The van der Waals surface area contributed by atoms with Crippen molar-refractivity contribution in [3.05, 3.63) is 83.4 Å². The second-order valence-electron chi connectivity index (χ2n) is 10.8. The van der Waals surface area contributed by atoms with Gasteiger partial charge >= 0.3 is 0 Å². The number of carbonyl (C=O) groups is 2. The van der Waals surface area contributed by atoms with Gasteiger partial charge in [-0.3, -0.25) is 13.9 Å². The quantitative estimate of drug-likeness (QED) is 0.253. The van der Waals surface area contributed by atoms with E-state index in [9.17, 15) is 18.0 Å². The second kappa shape index (κ2) is 15.3. The molecule has 9 nitrogen and oxygen atoms in total. The van der Waals surface area contributed by atoms with Gasteiger partial charge in [0.1, 0.15) is 24.1 Å². The highest BCUT2D eigenvalue weighted by molar-refractivity contribution is 7.92. The number of nitrogens with zero attached hydrogens (tertiary/aromatic N) is 2. The molecule has 1 saturated carbocycles. The smallest absolute Gasteiger partial charge is 0.264 e. The molecular formula is C33H40ClN3O6S. The Hall–Kier alpha value is -3.76. The first kappa shape index (κ1) is 33.1. The maximum atomic E-state index is 14.3. The van der Waals surface area contributed by atoms with Crippen LogP contribution in [-0.2, 0) is 26.2 Å². The van der Waals surface area contributed by atoms with E-state index in [0.717, 1.165) is 42.0 Å². The summed E-state index contributed by atoms with van der Waals surface area (Å²) in [5, 5.41) is 3.35. The van der Waals surface area contributed by atoms with Gasteiger partial charge in [0.05, 0.1) is 29.8 Å². The Bertz CT molecular complexity index is 1510. The standard InChI is InChI=1S/C33H40ClN3O6S/c1-4-30(33(39)35-25-11-7-5-8-12-25)36(22-24-15-18-27(42-2)19-16-24)32(38)23-37(26-17-20-31(43-3)29(34)21-26)44(40,41)28-13-9-6-10-14-28/h6,9-10,13-21,25,30H,4-5,7-8,11-12,22-23H2,1-3H3,(H,35,39)/t30-/m1/s1. The van der Waals surface area contributed by atoms with Crippen molar-refractivity contribution in [3.8, 4) is 11.5 Å².